The van der Waals surface area contributed by atoms with E-state index in [1.165, 1.54) is 24.3 Å². The first kappa shape index (κ1) is 14.4. The van der Waals surface area contributed by atoms with Crippen molar-refractivity contribution in [3.63, 3.8) is 0 Å². The summed E-state index contributed by atoms with van der Waals surface area (Å²) in [6, 6.07) is 8.97. The van der Waals surface area contributed by atoms with Crippen LogP contribution >= 0.6 is 0 Å². The minimum absolute atomic E-state index is 0.0912. The van der Waals surface area contributed by atoms with Crippen molar-refractivity contribution in [2.45, 2.75) is 18.2 Å². The number of aryl methyl sites for hydroxylation is 1. The van der Waals surface area contributed by atoms with Crippen LogP contribution in [0.1, 0.15) is 11.1 Å². The number of aromatic hydroxyl groups is 1. The van der Waals surface area contributed by atoms with Crippen molar-refractivity contribution in [2.24, 2.45) is 0 Å². The number of fused-ring (bicyclic) bond motifs is 1. The zero-order chi connectivity index (χ0) is 15.9. The van der Waals surface area contributed by atoms with Gasteiger partial charge >= 0.3 is 0 Å². The second-order valence-electron chi connectivity index (χ2n) is 5.15. The van der Waals surface area contributed by atoms with Gasteiger partial charge in [-0.3, -0.25) is 9.52 Å². The van der Waals surface area contributed by atoms with Gasteiger partial charge in [-0.2, -0.15) is 0 Å². The van der Waals surface area contributed by atoms with Crippen LogP contribution in [0.2, 0.25) is 0 Å². The number of phenolic OH excluding ortho intramolecular Hbond substituents is 1. The van der Waals surface area contributed by atoms with Crippen LogP contribution in [0.5, 0.6) is 5.75 Å². The van der Waals surface area contributed by atoms with Gasteiger partial charge in [0.15, 0.2) is 0 Å². The molecule has 1 amide bonds. The summed E-state index contributed by atoms with van der Waals surface area (Å²) in [6.45, 7) is 1.68. The molecule has 7 heteroatoms. The minimum atomic E-state index is -3.75. The maximum absolute atomic E-state index is 12.4. The maximum atomic E-state index is 12.4. The third kappa shape index (κ3) is 2.62. The molecule has 3 rings (SSSR count). The maximum Gasteiger partial charge on any atom is 0.261 e. The molecule has 0 unspecified atom stereocenters. The Bertz CT molecular complexity index is 875. The van der Waals surface area contributed by atoms with Crippen LogP contribution < -0.4 is 10.0 Å². The number of benzene rings is 2. The number of carbonyl (C=O) groups excluding carboxylic acids is 1. The highest BCUT2D eigenvalue weighted by Gasteiger charge is 2.22. The first-order valence-corrected chi connectivity index (χ1v) is 8.09. The van der Waals surface area contributed by atoms with Gasteiger partial charge in [0.25, 0.3) is 10.0 Å². The van der Waals surface area contributed by atoms with Gasteiger partial charge in [-0.25, -0.2) is 8.42 Å². The Morgan fingerprint density at radius 1 is 1.18 bits per heavy atom. The molecule has 22 heavy (non-hydrogen) atoms. The lowest BCUT2D eigenvalue weighted by atomic mass is 10.2. The number of anilines is 2. The zero-order valence-electron chi connectivity index (χ0n) is 11.8. The molecule has 0 saturated heterocycles. The molecular formula is C15H14N2O4S. The van der Waals surface area contributed by atoms with E-state index >= 15 is 0 Å². The fraction of sp³-hybridized carbons (Fsp3) is 0.133. The lowest BCUT2D eigenvalue weighted by molar-refractivity contribution is -0.115. The first-order chi connectivity index (χ1) is 10.3. The highest BCUT2D eigenvalue weighted by Crippen LogP contribution is 2.27. The van der Waals surface area contributed by atoms with E-state index in [1.807, 2.05) is 0 Å². The Hall–Kier alpha value is -2.54. The van der Waals surface area contributed by atoms with E-state index in [0.29, 0.717) is 22.5 Å². The van der Waals surface area contributed by atoms with Crippen LogP contribution in [0.15, 0.2) is 41.3 Å². The molecule has 1 aliphatic rings. The van der Waals surface area contributed by atoms with Crippen molar-refractivity contribution in [1.82, 2.24) is 0 Å². The fourth-order valence-electron chi connectivity index (χ4n) is 2.31. The molecule has 0 bridgehead atoms. The molecule has 2 aromatic rings. The summed E-state index contributed by atoms with van der Waals surface area (Å²) in [5.74, 6) is -0.0447. The van der Waals surface area contributed by atoms with Crippen LogP contribution in [-0.2, 0) is 21.2 Å². The predicted octanol–water partition coefficient (Wildman–Crippen LogP) is 2.00. The largest absolute Gasteiger partial charge is 0.508 e. The second-order valence-corrected chi connectivity index (χ2v) is 6.83. The van der Waals surface area contributed by atoms with E-state index in [0.717, 1.165) is 0 Å². The third-order valence-electron chi connectivity index (χ3n) is 3.46. The number of phenols is 1. The molecule has 0 fully saturated rings. The van der Waals surface area contributed by atoms with Gasteiger partial charge in [0, 0.05) is 11.4 Å². The van der Waals surface area contributed by atoms with Crippen LogP contribution in [-0.4, -0.2) is 19.4 Å². The van der Waals surface area contributed by atoms with E-state index in [-0.39, 0.29) is 23.0 Å². The number of hydrogen-bond acceptors (Lipinski definition) is 4. The summed E-state index contributed by atoms with van der Waals surface area (Å²) in [4.78, 5) is 11.4. The number of rotatable bonds is 3. The quantitative estimate of drug-likeness (QED) is 0.754. The average Bonchev–Trinajstić information content (AvgIpc) is 2.81. The van der Waals surface area contributed by atoms with Crippen molar-refractivity contribution in [1.29, 1.82) is 0 Å². The zero-order valence-corrected chi connectivity index (χ0v) is 12.6. The van der Waals surface area contributed by atoms with Gasteiger partial charge < -0.3 is 10.4 Å². The molecule has 0 aliphatic carbocycles. The van der Waals surface area contributed by atoms with E-state index < -0.39 is 10.0 Å². The lowest BCUT2D eigenvalue weighted by Crippen LogP contribution is -2.13. The average molecular weight is 318 g/mol. The number of hydrogen-bond donors (Lipinski definition) is 3. The summed E-state index contributed by atoms with van der Waals surface area (Å²) in [7, 11) is -3.75. The van der Waals surface area contributed by atoms with Gasteiger partial charge in [-0.1, -0.05) is 0 Å². The molecule has 0 saturated carbocycles. The predicted molar refractivity (Wildman–Crippen MR) is 82.4 cm³/mol. The summed E-state index contributed by atoms with van der Waals surface area (Å²) in [5, 5.41) is 12.1. The van der Waals surface area contributed by atoms with Crippen LogP contribution in [0.3, 0.4) is 0 Å². The van der Waals surface area contributed by atoms with Crippen molar-refractivity contribution in [3.8, 4) is 5.75 Å². The standard InChI is InChI=1S/C15H14N2O4S/c1-9-6-11(2-5-14(9)18)17-22(20,21)12-3-4-13-10(7-12)8-15(19)16-13/h2-7,17-18H,8H2,1H3,(H,16,19). The first-order valence-electron chi connectivity index (χ1n) is 6.60. The molecule has 2 aromatic carbocycles. The van der Waals surface area contributed by atoms with Gasteiger partial charge in [0.2, 0.25) is 5.91 Å². The van der Waals surface area contributed by atoms with E-state index in [2.05, 4.69) is 10.0 Å². The number of nitrogens with one attached hydrogen (secondary N) is 2. The molecule has 0 aromatic heterocycles. The molecule has 3 N–H and O–H groups in total. The summed E-state index contributed by atoms with van der Waals surface area (Å²) in [5.41, 5.74) is 2.24. The van der Waals surface area contributed by atoms with Gasteiger partial charge in [-0.05, 0) is 54.4 Å². The van der Waals surface area contributed by atoms with Crippen LogP contribution in [0, 0.1) is 6.92 Å². The highest BCUT2D eigenvalue weighted by atomic mass is 32.2. The van der Waals surface area contributed by atoms with Crippen molar-refractivity contribution < 1.29 is 18.3 Å². The number of sulfonamides is 1. The second kappa shape index (κ2) is 5.03. The van der Waals surface area contributed by atoms with Gasteiger partial charge in [-0.15, -0.1) is 0 Å². The van der Waals surface area contributed by atoms with E-state index in [4.69, 9.17) is 0 Å². The van der Waals surface area contributed by atoms with Gasteiger partial charge in [0.05, 0.1) is 11.3 Å². The smallest absolute Gasteiger partial charge is 0.261 e. The van der Waals surface area contributed by atoms with E-state index in [1.54, 1.807) is 19.1 Å². The molecule has 0 spiro atoms. The van der Waals surface area contributed by atoms with Crippen LogP contribution in [0.25, 0.3) is 0 Å². The Kier molecular flexibility index (Phi) is 3.29. The molecule has 6 nitrogen and oxygen atoms in total. The number of amides is 1. The SMILES string of the molecule is Cc1cc(NS(=O)(=O)c2ccc3c(c2)CC(=O)N3)ccc1O. The Labute approximate surface area is 127 Å². The molecule has 114 valence electrons. The topological polar surface area (TPSA) is 95.5 Å². The van der Waals surface area contributed by atoms with Gasteiger partial charge in [0.1, 0.15) is 5.75 Å². The normalized spacial score (nSPS) is 13.6. The lowest BCUT2D eigenvalue weighted by Gasteiger charge is -2.10. The third-order valence-corrected chi connectivity index (χ3v) is 4.84. The molecule has 1 heterocycles. The van der Waals surface area contributed by atoms with Crippen molar-refractivity contribution in [3.05, 3.63) is 47.5 Å². The Balaban J connectivity index is 1.92. The van der Waals surface area contributed by atoms with Crippen LogP contribution in [0.4, 0.5) is 11.4 Å². The number of carbonyl (C=O) groups is 1. The van der Waals surface area contributed by atoms with Crippen molar-refractivity contribution in [2.75, 3.05) is 10.0 Å². The molecule has 0 radical (unpaired) electrons. The summed E-state index contributed by atoms with van der Waals surface area (Å²) < 4.78 is 27.3. The van der Waals surface area contributed by atoms with Crippen molar-refractivity contribution >= 4 is 27.3 Å². The summed E-state index contributed by atoms with van der Waals surface area (Å²) >= 11 is 0. The Morgan fingerprint density at radius 2 is 1.95 bits per heavy atom. The molecule has 1 aliphatic heterocycles. The Morgan fingerprint density at radius 3 is 2.68 bits per heavy atom. The monoisotopic (exact) mass is 318 g/mol. The fourth-order valence-corrected chi connectivity index (χ4v) is 3.41. The summed E-state index contributed by atoms with van der Waals surface area (Å²) in [6.07, 6.45) is 0.178. The highest BCUT2D eigenvalue weighted by molar-refractivity contribution is 7.92. The molecule has 0 atom stereocenters. The molecular weight excluding hydrogens is 304 g/mol. The minimum Gasteiger partial charge on any atom is -0.508 e. The van der Waals surface area contributed by atoms with E-state index in [9.17, 15) is 18.3 Å².